The van der Waals surface area contributed by atoms with Gasteiger partial charge in [0.15, 0.2) is 0 Å². The molecule has 0 radical (unpaired) electrons. The van der Waals surface area contributed by atoms with Gasteiger partial charge in [0.1, 0.15) is 0 Å². The summed E-state index contributed by atoms with van der Waals surface area (Å²) in [5.41, 5.74) is 1.71. The first-order valence-corrected chi connectivity index (χ1v) is 9.17. The molecule has 0 aromatic heterocycles. The summed E-state index contributed by atoms with van der Waals surface area (Å²) in [5, 5.41) is 3.05. The largest absolute Gasteiger partial charge is 0.316 e. The summed E-state index contributed by atoms with van der Waals surface area (Å²) in [4.78, 5) is 0.379. The molecule has 0 spiro atoms. The lowest BCUT2D eigenvalue weighted by Gasteiger charge is -2.16. The summed E-state index contributed by atoms with van der Waals surface area (Å²) in [7, 11) is -1.60. The van der Waals surface area contributed by atoms with Crippen LogP contribution in [0.4, 0.5) is 0 Å². The average molecular weight is 361 g/mol. The highest BCUT2D eigenvalue weighted by molar-refractivity contribution is 9.10. The molecule has 0 heterocycles. The quantitative estimate of drug-likeness (QED) is 0.848. The van der Waals surface area contributed by atoms with E-state index in [1.54, 1.807) is 6.07 Å². The molecule has 1 aromatic rings. The Balaban J connectivity index is 2.33. The monoisotopic (exact) mass is 360 g/mol. The fourth-order valence-electron chi connectivity index (χ4n) is 2.62. The molecular formula is C14H21BrN2O2S. The Kier molecular flexibility index (Phi) is 5.23. The van der Waals surface area contributed by atoms with Crippen molar-refractivity contribution in [2.75, 3.05) is 7.05 Å². The predicted molar refractivity (Wildman–Crippen MR) is 84.2 cm³/mol. The molecule has 0 atom stereocenters. The zero-order valence-corrected chi connectivity index (χ0v) is 14.3. The maximum Gasteiger partial charge on any atom is 0.241 e. The second kappa shape index (κ2) is 6.56. The SMILES string of the molecule is CNCc1cc(Br)c(C)c(S(=O)(=O)NC2CCCC2)c1. The zero-order chi connectivity index (χ0) is 14.8. The number of rotatable bonds is 5. The first-order valence-electron chi connectivity index (χ1n) is 6.90. The summed E-state index contributed by atoms with van der Waals surface area (Å²) >= 11 is 3.45. The van der Waals surface area contributed by atoms with Crippen LogP contribution in [0.1, 0.15) is 36.8 Å². The Morgan fingerprint density at radius 1 is 1.30 bits per heavy atom. The number of hydrogen-bond acceptors (Lipinski definition) is 3. The van der Waals surface area contributed by atoms with Crippen molar-refractivity contribution in [3.63, 3.8) is 0 Å². The molecule has 20 heavy (non-hydrogen) atoms. The molecule has 0 unspecified atom stereocenters. The van der Waals surface area contributed by atoms with Gasteiger partial charge in [-0.05, 0) is 50.1 Å². The highest BCUT2D eigenvalue weighted by Gasteiger charge is 2.25. The smallest absolute Gasteiger partial charge is 0.241 e. The van der Waals surface area contributed by atoms with Gasteiger partial charge in [-0.1, -0.05) is 28.8 Å². The summed E-state index contributed by atoms with van der Waals surface area (Å²) in [5.74, 6) is 0. The second-order valence-electron chi connectivity index (χ2n) is 5.33. The summed E-state index contributed by atoms with van der Waals surface area (Å²) in [6.45, 7) is 2.47. The molecule has 0 amide bonds. The Morgan fingerprint density at radius 3 is 2.55 bits per heavy atom. The molecule has 2 rings (SSSR count). The van der Waals surface area contributed by atoms with Crippen LogP contribution in [0.15, 0.2) is 21.5 Å². The Morgan fingerprint density at radius 2 is 1.95 bits per heavy atom. The Labute approximate surface area is 129 Å². The predicted octanol–water partition coefficient (Wildman–Crippen LogP) is 2.70. The summed E-state index contributed by atoms with van der Waals surface area (Å²) < 4.78 is 28.8. The number of benzene rings is 1. The standard InChI is InChI=1S/C14H21BrN2O2S/c1-10-13(15)7-11(9-16-2)8-14(10)20(18,19)17-12-5-3-4-6-12/h7-8,12,16-17H,3-6,9H2,1-2H3. The van der Waals surface area contributed by atoms with Crippen molar-refractivity contribution in [3.8, 4) is 0 Å². The van der Waals surface area contributed by atoms with Gasteiger partial charge in [-0.3, -0.25) is 0 Å². The van der Waals surface area contributed by atoms with Crippen LogP contribution in [-0.4, -0.2) is 21.5 Å². The third kappa shape index (κ3) is 3.61. The van der Waals surface area contributed by atoms with Gasteiger partial charge in [0.2, 0.25) is 10.0 Å². The fraction of sp³-hybridized carbons (Fsp3) is 0.571. The molecule has 1 aromatic carbocycles. The molecule has 1 fully saturated rings. The van der Waals surface area contributed by atoms with Gasteiger partial charge in [-0.2, -0.15) is 0 Å². The van der Waals surface area contributed by atoms with Crippen LogP contribution >= 0.6 is 15.9 Å². The lowest BCUT2D eigenvalue weighted by Crippen LogP contribution is -2.33. The van der Waals surface area contributed by atoms with E-state index in [1.165, 1.54) is 0 Å². The van der Waals surface area contributed by atoms with Crippen LogP contribution in [0.25, 0.3) is 0 Å². The summed E-state index contributed by atoms with van der Waals surface area (Å²) in [6, 6.07) is 3.81. The number of halogens is 1. The van der Waals surface area contributed by atoms with E-state index in [0.29, 0.717) is 11.4 Å². The molecule has 4 nitrogen and oxygen atoms in total. The molecule has 0 aliphatic heterocycles. The highest BCUT2D eigenvalue weighted by atomic mass is 79.9. The van der Waals surface area contributed by atoms with Crippen LogP contribution < -0.4 is 10.0 Å². The van der Waals surface area contributed by atoms with E-state index in [4.69, 9.17) is 0 Å². The van der Waals surface area contributed by atoms with Gasteiger partial charge in [0.05, 0.1) is 4.90 Å². The van der Waals surface area contributed by atoms with E-state index in [0.717, 1.165) is 41.3 Å². The molecule has 6 heteroatoms. The Bertz CT molecular complexity index is 581. The molecule has 112 valence electrons. The van der Waals surface area contributed by atoms with E-state index in [9.17, 15) is 8.42 Å². The molecule has 1 aliphatic carbocycles. The van der Waals surface area contributed by atoms with Gasteiger partial charge < -0.3 is 5.32 Å². The zero-order valence-electron chi connectivity index (χ0n) is 11.9. The normalized spacial score (nSPS) is 16.8. The minimum absolute atomic E-state index is 0.0890. The van der Waals surface area contributed by atoms with Gasteiger partial charge in [0.25, 0.3) is 0 Å². The van der Waals surface area contributed by atoms with Crippen molar-refractivity contribution in [3.05, 3.63) is 27.7 Å². The minimum Gasteiger partial charge on any atom is -0.316 e. The number of hydrogen-bond donors (Lipinski definition) is 2. The average Bonchev–Trinajstić information content (AvgIpc) is 2.85. The van der Waals surface area contributed by atoms with Gasteiger partial charge >= 0.3 is 0 Å². The van der Waals surface area contributed by atoms with E-state index in [1.807, 2.05) is 20.0 Å². The maximum atomic E-state index is 12.6. The van der Waals surface area contributed by atoms with E-state index in [2.05, 4.69) is 26.0 Å². The van der Waals surface area contributed by atoms with E-state index < -0.39 is 10.0 Å². The lowest BCUT2D eigenvalue weighted by molar-refractivity contribution is 0.551. The molecule has 2 N–H and O–H groups in total. The molecule has 1 aliphatic rings. The first-order chi connectivity index (χ1) is 9.44. The van der Waals surface area contributed by atoms with Crippen LogP contribution in [-0.2, 0) is 16.6 Å². The van der Waals surface area contributed by atoms with Crippen molar-refractivity contribution in [2.24, 2.45) is 0 Å². The van der Waals surface area contributed by atoms with Crippen molar-refractivity contribution in [1.29, 1.82) is 0 Å². The molecule has 1 saturated carbocycles. The number of sulfonamides is 1. The molecule has 0 saturated heterocycles. The van der Waals surface area contributed by atoms with Gasteiger partial charge in [-0.15, -0.1) is 0 Å². The van der Waals surface area contributed by atoms with Crippen molar-refractivity contribution in [1.82, 2.24) is 10.0 Å². The van der Waals surface area contributed by atoms with Gasteiger partial charge in [0, 0.05) is 17.1 Å². The first kappa shape index (κ1) is 15.9. The van der Waals surface area contributed by atoms with Crippen molar-refractivity contribution >= 4 is 26.0 Å². The van der Waals surface area contributed by atoms with E-state index in [-0.39, 0.29) is 6.04 Å². The fourth-order valence-corrected chi connectivity index (χ4v) is 4.88. The van der Waals surface area contributed by atoms with Crippen LogP contribution in [0.5, 0.6) is 0 Å². The topological polar surface area (TPSA) is 58.2 Å². The molecular weight excluding hydrogens is 340 g/mol. The van der Waals surface area contributed by atoms with Crippen molar-refractivity contribution in [2.45, 2.75) is 50.1 Å². The van der Waals surface area contributed by atoms with Crippen LogP contribution in [0.3, 0.4) is 0 Å². The van der Waals surface area contributed by atoms with Gasteiger partial charge in [-0.25, -0.2) is 13.1 Å². The van der Waals surface area contributed by atoms with E-state index >= 15 is 0 Å². The molecule has 0 bridgehead atoms. The lowest BCUT2D eigenvalue weighted by atomic mass is 10.1. The number of nitrogens with one attached hydrogen (secondary N) is 2. The third-order valence-electron chi connectivity index (χ3n) is 3.70. The maximum absolute atomic E-state index is 12.6. The van der Waals surface area contributed by atoms with Crippen LogP contribution in [0.2, 0.25) is 0 Å². The second-order valence-corrected chi connectivity index (χ2v) is 7.87. The van der Waals surface area contributed by atoms with Crippen molar-refractivity contribution < 1.29 is 8.42 Å². The third-order valence-corrected chi connectivity index (χ3v) is 6.17. The summed E-state index contributed by atoms with van der Waals surface area (Å²) in [6.07, 6.45) is 4.09. The minimum atomic E-state index is -3.45. The Hall–Kier alpha value is -0.430. The van der Waals surface area contributed by atoms with Crippen LogP contribution in [0, 0.1) is 6.92 Å². The highest BCUT2D eigenvalue weighted by Crippen LogP contribution is 2.27.